The van der Waals surface area contributed by atoms with Gasteiger partial charge in [-0.05, 0) is 48.5 Å². The molecule has 0 atom stereocenters. The van der Waals surface area contributed by atoms with E-state index in [0.29, 0.717) is 10.8 Å². The van der Waals surface area contributed by atoms with Crippen LogP contribution in [0.3, 0.4) is 0 Å². The first kappa shape index (κ1) is 18.7. The minimum absolute atomic E-state index is 0.0681. The first-order valence-electron chi connectivity index (χ1n) is 8.93. The summed E-state index contributed by atoms with van der Waals surface area (Å²) in [5.74, 6) is 0.683. The van der Waals surface area contributed by atoms with E-state index < -0.39 is 9.84 Å². The highest BCUT2D eigenvalue weighted by Crippen LogP contribution is 2.23. The number of hydrogen-bond acceptors (Lipinski definition) is 6. The van der Waals surface area contributed by atoms with Gasteiger partial charge in [-0.25, -0.2) is 8.42 Å². The van der Waals surface area contributed by atoms with E-state index in [0.717, 1.165) is 26.2 Å². The van der Waals surface area contributed by atoms with Gasteiger partial charge >= 0.3 is 0 Å². The van der Waals surface area contributed by atoms with Crippen LogP contribution in [-0.2, 0) is 9.84 Å². The molecule has 28 heavy (non-hydrogen) atoms. The molecule has 0 aliphatic carbocycles. The lowest BCUT2D eigenvalue weighted by molar-refractivity contribution is 0.589. The molecule has 144 valence electrons. The lowest BCUT2D eigenvalue weighted by atomic mass is 10.2. The number of aromatic nitrogens is 2. The molecule has 0 radical (unpaired) electrons. The van der Waals surface area contributed by atoms with Gasteiger partial charge in [0.2, 0.25) is 9.84 Å². The smallest absolute Gasteiger partial charge is 0.225 e. The Morgan fingerprint density at radius 3 is 2.00 bits per heavy atom. The van der Waals surface area contributed by atoms with Crippen LogP contribution in [-0.4, -0.2) is 44.8 Å². The molecule has 4 rings (SSSR count). The fourth-order valence-electron chi connectivity index (χ4n) is 3.19. The molecule has 0 amide bonds. The van der Waals surface area contributed by atoms with Crippen LogP contribution in [0, 0.1) is 0 Å². The number of rotatable bonds is 4. The van der Waals surface area contributed by atoms with Crippen molar-refractivity contribution in [3.8, 4) is 0 Å². The maximum atomic E-state index is 12.7. The Labute approximate surface area is 169 Å². The maximum Gasteiger partial charge on any atom is 0.225 e. The Hall–Kier alpha value is -2.64. The molecule has 0 spiro atoms. The van der Waals surface area contributed by atoms with Crippen LogP contribution in [0.2, 0.25) is 5.02 Å². The van der Waals surface area contributed by atoms with Crippen LogP contribution in [0.15, 0.2) is 76.7 Å². The van der Waals surface area contributed by atoms with E-state index in [1.54, 1.807) is 18.2 Å². The number of benzene rings is 2. The van der Waals surface area contributed by atoms with Crippen LogP contribution >= 0.6 is 11.6 Å². The van der Waals surface area contributed by atoms with Crippen LogP contribution in [0.5, 0.6) is 0 Å². The largest absolute Gasteiger partial charge is 0.368 e. The zero-order valence-electron chi connectivity index (χ0n) is 15.1. The van der Waals surface area contributed by atoms with E-state index in [-0.39, 0.29) is 9.92 Å². The number of nitrogens with zero attached hydrogens (tertiary/aromatic N) is 4. The number of halogens is 1. The lowest BCUT2D eigenvalue weighted by Gasteiger charge is -2.36. The zero-order chi connectivity index (χ0) is 19.6. The molecule has 0 unspecified atom stereocenters. The predicted octanol–water partition coefficient (Wildman–Crippen LogP) is 3.29. The SMILES string of the molecule is O=S(=O)(c1ccc(Cl)cc1)c1ccc(N2CCN(c3ccccc3)CC2)nn1. The molecule has 2 aromatic carbocycles. The summed E-state index contributed by atoms with van der Waals surface area (Å²) in [7, 11) is -3.71. The third-order valence-corrected chi connectivity index (χ3v) is 6.66. The Bertz CT molecular complexity index is 1030. The van der Waals surface area contributed by atoms with Gasteiger partial charge in [0.25, 0.3) is 0 Å². The van der Waals surface area contributed by atoms with Gasteiger partial charge in [-0.3, -0.25) is 0 Å². The van der Waals surface area contributed by atoms with Gasteiger partial charge in [0.15, 0.2) is 10.8 Å². The van der Waals surface area contributed by atoms with Crippen molar-refractivity contribution in [3.63, 3.8) is 0 Å². The Morgan fingerprint density at radius 1 is 0.750 bits per heavy atom. The Balaban J connectivity index is 1.46. The van der Waals surface area contributed by atoms with E-state index >= 15 is 0 Å². The van der Waals surface area contributed by atoms with Crippen molar-refractivity contribution in [2.45, 2.75) is 9.92 Å². The van der Waals surface area contributed by atoms with Gasteiger partial charge in [-0.1, -0.05) is 29.8 Å². The van der Waals surface area contributed by atoms with Gasteiger partial charge in [0, 0.05) is 36.9 Å². The molecule has 0 N–H and O–H groups in total. The highest BCUT2D eigenvalue weighted by molar-refractivity contribution is 7.91. The van der Waals surface area contributed by atoms with Gasteiger partial charge in [0.05, 0.1) is 4.90 Å². The summed E-state index contributed by atoms with van der Waals surface area (Å²) in [4.78, 5) is 4.59. The quantitative estimate of drug-likeness (QED) is 0.652. The normalized spacial score (nSPS) is 14.9. The summed E-state index contributed by atoms with van der Waals surface area (Å²) in [5.41, 5.74) is 1.21. The van der Waals surface area contributed by atoms with Crippen LogP contribution in [0.1, 0.15) is 0 Å². The van der Waals surface area contributed by atoms with E-state index in [2.05, 4.69) is 32.1 Å². The predicted molar refractivity (Wildman–Crippen MR) is 110 cm³/mol. The molecule has 8 heteroatoms. The monoisotopic (exact) mass is 414 g/mol. The van der Waals surface area contributed by atoms with Gasteiger partial charge in [-0.2, -0.15) is 0 Å². The molecule has 1 fully saturated rings. The summed E-state index contributed by atoms with van der Waals surface area (Å²) in [6.45, 7) is 3.34. The van der Waals surface area contributed by atoms with Crippen LogP contribution < -0.4 is 9.80 Å². The summed E-state index contributed by atoms with van der Waals surface area (Å²) in [6, 6.07) is 19.5. The average molecular weight is 415 g/mol. The first-order valence-corrected chi connectivity index (χ1v) is 10.8. The zero-order valence-corrected chi connectivity index (χ0v) is 16.6. The molecule has 6 nitrogen and oxygen atoms in total. The van der Waals surface area contributed by atoms with E-state index in [9.17, 15) is 8.42 Å². The highest BCUT2D eigenvalue weighted by atomic mass is 35.5. The fraction of sp³-hybridized carbons (Fsp3) is 0.200. The molecule has 0 bridgehead atoms. The minimum Gasteiger partial charge on any atom is -0.368 e. The van der Waals surface area contributed by atoms with Crippen molar-refractivity contribution in [1.29, 1.82) is 0 Å². The third-order valence-electron chi connectivity index (χ3n) is 4.75. The molecular weight excluding hydrogens is 396 g/mol. The van der Waals surface area contributed by atoms with E-state index in [4.69, 9.17) is 11.6 Å². The summed E-state index contributed by atoms with van der Waals surface area (Å²) < 4.78 is 25.3. The number of anilines is 2. The first-order chi connectivity index (χ1) is 13.5. The van der Waals surface area contributed by atoms with Crippen molar-refractivity contribution < 1.29 is 8.42 Å². The highest BCUT2D eigenvalue weighted by Gasteiger charge is 2.22. The van der Waals surface area contributed by atoms with E-state index in [1.165, 1.54) is 23.9 Å². The molecule has 1 aromatic heterocycles. The second-order valence-corrected chi connectivity index (χ2v) is 8.83. The molecule has 0 saturated carbocycles. The Morgan fingerprint density at radius 2 is 1.39 bits per heavy atom. The third kappa shape index (κ3) is 3.81. The van der Waals surface area contributed by atoms with Crippen molar-refractivity contribution in [3.05, 3.63) is 71.8 Å². The van der Waals surface area contributed by atoms with Crippen LogP contribution in [0.4, 0.5) is 11.5 Å². The number of para-hydroxylation sites is 1. The summed E-state index contributed by atoms with van der Waals surface area (Å²) in [5, 5.41) is 8.55. The minimum atomic E-state index is -3.71. The standard InChI is InChI=1S/C20H19ClN4O2S/c21-16-6-8-18(9-7-16)28(26,27)20-11-10-19(22-23-20)25-14-12-24(13-15-25)17-4-2-1-3-5-17/h1-11H,12-15H2. The second-order valence-electron chi connectivity index (χ2n) is 6.50. The fourth-order valence-corrected chi connectivity index (χ4v) is 4.45. The molecule has 3 aromatic rings. The number of piperazine rings is 1. The molecule has 2 heterocycles. The lowest BCUT2D eigenvalue weighted by Crippen LogP contribution is -2.46. The van der Waals surface area contributed by atoms with Crippen molar-refractivity contribution in [2.75, 3.05) is 36.0 Å². The molecule has 1 saturated heterocycles. The summed E-state index contributed by atoms with van der Waals surface area (Å²) in [6.07, 6.45) is 0. The average Bonchev–Trinajstić information content (AvgIpc) is 2.75. The topological polar surface area (TPSA) is 66.4 Å². The van der Waals surface area contributed by atoms with Crippen molar-refractivity contribution >= 4 is 32.9 Å². The number of hydrogen-bond donors (Lipinski definition) is 0. The summed E-state index contributed by atoms with van der Waals surface area (Å²) >= 11 is 5.83. The van der Waals surface area contributed by atoms with E-state index in [1.807, 2.05) is 18.2 Å². The maximum absolute atomic E-state index is 12.7. The van der Waals surface area contributed by atoms with Crippen LogP contribution in [0.25, 0.3) is 0 Å². The number of sulfone groups is 1. The van der Waals surface area contributed by atoms with Crippen molar-refractivity contribution in [1.82, 2.24) is 10.2 Å². The molecular formula is C20H19ClN4O2S. The Kier molecular flexibility index (Phi) is 5.19. The molecule has 1 aliphatic rings. The van der Waals surface area contributed by atoms with Crippen molar-refractivity contribution in [2.24, 2.45) is 0 Å². The second kappa shape index (κ2) is 7.77. The van der Waals surface area contributed by atoms with Gasteiger partial charge in [-0.15, -0.1) is 10.2 Å². The van der Waals surface area contributed by atoms with Gasteiger partial charge in [0.1, 0.15) is 0 Å². The van der Waals surface area contributed by atoms with Gasteiger partial charge < -0.3 is 9.80 Å². The molecule has 1 aliphatic heterocycles.